The average Bonchev–Trinajstić information content (AvgIpc) is 2.38. The highest BCUT2D eigenvalue weighted by molar-refractivity contribution is 7.98. The second kappa shape index (κ2) is 8.00. The Morgan fingerprint density at radius 3 is 2.94 bits per heavy atom. The van der Waals surface area contributed by atoms with E-state index in [4.69, 9.17) is 9.84 Å². The number of nitrogens with one attached hydrogen (secondary N) is 1. The molecular weight excluding hydrogens is 250 g/mol. The van der Waals surface area contributed by atoms with Gasteiger partial charge in [-0.25, -0.2) is 0 Å². The first kappa shape index (κ1) is 14.9. The maximum atomic E-state index is 11.1. The van der Waals surface area contributed by atoms with Crippen LogP contribution in [0.2, 0.25) is 0 Å². The van der Waals surface area contributed by atoms with Crippen molar-refractivity contribution in [2.45, 2.75) is 19.0 Å². The summed E-state index contributed by atoms with van der Waals surface area (Å²) < 4.78 is 5.13. The number of carboxylic acid groups (broad SMARTS) is 1. The summed E-state index contributed by atoms with van der Waals surface area (Å²) in [6, 6.07) is 7.12. The lowest BCUT2D eigenvalue weighted by Crippen LogP contribution is -2.36. The van der Waals surface area contributed by atoms with Crippen LogP contribution in [-0.4, -0.2) is 36.2 Å². The fourth-order valence-electron chi connectivity index (χ4n) is 1.57. The first-order valence-corrected chi connectivity index (χ1v) is 7.14. The number of carbonyl (C=O) groups is 1. The summed E-state index contributed by atoms with van der Waals surface area (Å²) in [6.07, 6.45) is 2.60. The average molecular weight is 269 g/mol. The van der Waals surface area contributed by atoms with E-state index in [1.807, 2.05) is 30.5 Å². The molecule has 0 saturated heterocycles. The van der Waals surface area contributed by atoms with Crippen LogP contribution in [0.15, 0.2) is 24.3 Å². The number of aliphatic carboxylic acids is 1. The lowest BCUT2D eigenvalue weighted by molar-refractivity contribution is -0.139. The molecule has 2 N–H and O–H groups in total. The second-order valence-electron chi connectivity index (χ2n) is 3.90. The molecule has 0 aliphatic rings. The van der Waals surface area contributed by atoms with E-state index < -0.39 is 12.0 Å². The lowest BCUT2D eigenvalue weighted by atomic mass is 10.2. The van der Waals surface area contributed by atoms with Crippen LogP contribution < -0.4 is 10.1 Å². The molecule has 0 amide bonds. The SMILES string of the molecule is COc1cccc(CNC(CCSC)C(=O)O)c1. The zero-order valence-electron chi connectivity index (χ0n) is 10.7. The molecule has 0 spiro atoms. The van der Waals surface area contributed by atoms with Crippen molar-refractivity contribution in [2.24, 2.45) is 0 Å². The highest BCUT2D eigenvalue weighted by atomic mass is 32.2. The van der Waals surface area contributed by atoms with Gasteiger partial charge in [-0.05, 0) is 36.1 Å². The van der Waals surface area contributed by atoms with E-state index in [1.165, 1.54) is 0 Å². The Morgan fingerprint density at radius 2 is 2.33 bits per heavy atom. The first-order valence-electron chi connectivity index (χ1n) is 5.75. The number of hydrogen-bond donors (Lipinski definition) is 2. The zero-order chi connectivity index (χ0) is 13.4. The Labute approximate surface area is 112 Å². The first-order chi connectivity index (χ1) is 8.67. The maximum Gasteiger partial charge on any atom is 0.320 e. The molecule has 0 aliphatic carbocycles. The molecule has 1 unspecified atom stereocenters. The molecule has 0 bridgehead atoms. The van der Waals surface area contributed by atoms with E-state index in [-0.39, 0.29) is 0 Å². The van der Waals surface area contributed by atoms with Crippen molar-refractivity contribution in [3.8, 4) is 5.75 Å². The van der Waals surface area contributed by atoms with Gasteiger partial charge in [-0.2, -0.15) is 11.8 Å². The summed E-state index contributed by atoms with van der Waals surface area (Å²) in [4.78, 5) is 11.1. The van der Waals surface area contributed by atoms with E-state index in [0.29, 0.717) is 13.0 Å². The predicted molar refractivity (Wildman–Crippen MR) is 74.3 cm³/mol. The van der Waals surface area contributed by atoms with Crippen LogP contribution >= 0.6 is 11.8 Å². The van der Waals surface area contributed by atoms with Gasteiger partial charge in [0.1, 0.15) is 11.8 Å². The van der Waals surface area contributed by atoms with Crippen LogP contribution in [0.5, 0.6) is 5.75 Å². The van der Waals surface area contributed by atoms with E-state index in [2.05, 4.69) is 5.32 Å². The summed E-state index contributed by atoms with van der Waals surface area (Å²) in [6.45, 7) is 0.530. The summed E-state index contributed by atoms with van der Waals surface area (Å²) in [5, 5.41) is 12.1. The molecule has 0 aromatic heterocycles. The number of ether oxygens (including phenoxy) is 1. The Bertz CT molecular complexity index is 384. The summed E-state index contributed by atoms with van der Waals surface area (Å²) in [5.74, 6) is 0.819. The minimum atomic E-state index is -0.799. The molecule has 1 atom stereocenters. The van der Waals surface area contributed by atoms with Gasteiger partial charge in [0.25, 0.3) is 0 Å². The van der Waals surface area contributed by atoms with Crippen molar-refractivity contribution >= 4 is 17.7 Å². The Kier molecular flexibility index (Phi) is 6.60. The largest absolute Gasteiger partial charge is 0.497 e. The van der Waals surface area contributed by atoms with Crippen molar-refractivity contribution in [3.63, 3.8) is 0 Å². The summed E-state index contributed by atoms with van der Waals surface area (Å²) in [7, 11) is 1.62. The second-order valence-corrected chi connectivity index (χ2v) is 4.89. The predicted octanol–water partition coefficient (Wildman–Crippen LogP) is 1.99. The summed E-state index contributed by atoms with van der Waals surface area (Å²) >= 11 is 1.65. The summed E-state index contributed by atoms with van der Waals surface area (Å²) in [5.41, 5.74) is 1.02. The fourth-order valence-corrected chi connectivity index (χ4v) is 2.04. The molecule has 1 aromatic rings. The minimum absolute atomic E-state index is 0.497. The highest BCUT2D eigenvalue weighted by Gasteiger charge is 2.15. The van der Waals surface area contributed by atoms with Crippen LogP contribution in [-0.2, 0) is 11.3 Å². The molecule has 0 fully saturated rings. The van der Waals surface area contributed by atoms with Crippen molar-refractivity contribution in [1.29, 1.82) is 0 Å². The number of rotatable bonds is 8. The van der Waals surface area contributed by atoms with Crippen LogP contribution in [0.1, 0.15) is 12.0 Å². The van der Waals surface area contributed by atoms with Crippen LogP contribution in [0.3, 0.4) is 0 Å². The Morgan fingerprint density at radius 1 is 1.56 bits per heavy atom. The molecule has 1 aromatic carbocycles. The number of hydrogen-bond acceptors (Lipinski definition) is 4. The number of methoxy groups -OCH3 is 1. The van der Waals surface area contributed by atoms with Crippen LogP contribution in [0.4, 0.5) is 0 Å². The van der Waals surface area contributed by atoms with Crippen molar-refractivity contribution < 1.29 is 14.6 Å². The number of thioether (sulfide) groups is 1. The third kappa shape index (κ3) is 4.98. The fraction of sp³-hybridized carbons (Fsp3) is 0.462. The van der Waals surface area contributed by atoms with E-state index in [0.717, 1.165) is 17.1 Å². The van der Waals surface area contributed by atoms with Crippen molar-refractivity contribution in [1.82, 2.24) is 5.32 Å². The van der Waals surface area contributed by atoms with Crippen molar-refractivity contribution in [3.05, 3.63) is 29.8 Å². The maximum absolute atomic E-state index is 11.1. The minimum Gasteiger partial charge on any atom is -0.497 e. The Hall–Kier alpha value is -1.20. The van der Waals surface area contributed by atoms with E-state index in [1.54, 1.807) is 18.9 Å². The van der Waals surface area contributed by atoms with Gasteiger partial charge in [0.05, 0.1) is 7.11 Å². The molecule has 0 aliphatic heterocycles. The van der Waals surface area contributed by atoms with Gasteiger partial charge in [0, 0.05) is 6.54 Å². The molecule has 5 heteroatoms. The lowest BCUT2D eigenvalue weighted by Gasteiger charge is -2.14. The van der Waals surface area contributed by atoms with Gasteiger partial charge >= 0.3 is 5.97 Å². The topological polar surface area (TPSA) is 58.6 Å². The highest BCUT2D eigenvalue weighted by Crippen LogP contribution is 2.12. The van der Waals surface area contributed by atoms with E-state index in [9.17, 15) is 4.79 Å². The van der Waals surface area contributed by atoms with Gasteiger partial charge in [0.2, 0.25) is 0 Å². The van der Waals surface area contributed by atoms with Gasteiger partial charge in [0.15, 0.2) is 0 Å². The smallest absolute Gasteiger partial charge is 0.320 e. The molecule has 1 rings (SSSR count). The molecule has 18 heavy (non-hydrogen) atoms. The van der Waals surface area contributed by atoms with Gasteiger partial charge in [-0.1, -0.05) is 12.1 Å². The standard InChI is InChI=1S/C13H19NO3S/c1-17-11-5-3-4-10(8-11)9-14-12(13(15)16)6-7-18-2/h3-5,8,12,14H,6-7,9H2,1-2H3,(H,15,16). The molecule has 100 valence electrons. The quantitative estimate of drug-likeness (QED) is 0.756. The molecule has 0 heterocycles. The third-order valence-electron chi connectivity index (χ3n) is 2.60. The zero-order valence-corrected chi connectivity index (χ0v) is 11.5. The van der Waals surface area contributed by atoms with Crippen LogP contribution in [0.25, 0.3) is 0 Å². The normalized spacial score (nSPS) is 12.1. The Balaban J connectivity index is 2.52. The molecule has 0 saturated carbocycles. The van der Waals surface area contributed by atoms with Gasteiger partial charge < -0.3 is 15.2 Å². The van der Waals surface area contributed by atoms with E-state index >= 15 is 0 Å². The third-order valence-corrected chi connectivity index (χ3v) is 3.24. The molecule has 0 radical (unpaired) electrons. The van der Waals surface area contributed by atoms with Crippen molar-refractivity contribution in [2.75, 3.05) is 19.1 Å². The monoisotopic (exact) mass is 269 g/mol. The molecule has 4 nitrogen and oxygen atoms in total. The number of carboxylic acids is 1. The molecular formula is C13H19NO3S. The van der Waals surface area contributed by atoms with Gasteiger partial charge in [-0.15, -0.1) is 0 Å². The van der Waals surface area contributed by atoms with Gasteiger partial charge in [-0.3, -0.25) is 4.79 Å². The number of benzene rings is 1. The van der Waals surface area contributed by atoms with Crippen LogP contribution in [0, 0.1) is 0 Å².